The number of H-pyrrole nitrogens is 2. The van der Waals surface area contributed by atoms with Gasteiger partial charge in [-0.15, -0.1) is 0 Å². The molecule has 0 bridgehead atoms. The number of fused-ring (bicyclic) bond motifs is 2. The zero-order valence-corrected chi connectivity index (χ0v) is 23.1. The van der Waals surface area contributed by atoms with E-state index in [1.165, 1.54) is 32.4 Å². The van der Waals surface area contributed by atoms with Crippen LogP contribution in [0.5, 0.6) is 0 Å². The third-order valence-corrected chi connectivity index (χ3v) is 7.17. The molecule has 0 aliphatic rings. The highest BCUT2D eigenvalue weighted by molar-refractivity contribution is 6.02. The van der Waals surface area contributed by atoms with E-state index in [2.05, 4.69) is 20.6 Å². The predicted octanol–water partition coefficient (Wildman–Crippen LogP) is 3.68. The minimum atomic E-state index is -0.959. The molecule has 4 N–H and O–H groups in total. The molecule has 2 amide bonds. The minimum Gasteiger partial charge on any atom is -0.467 e. The lowest BCUT2D eigenvalue weighted by Gasteiger charge is -2.18. The Hall–Kier alpha value is -5.38. The number of esters is 2. The molecule has 2 heterocycles. The van der Waals surface area contributed by atoms with E-state index >= 15 is 0 Å². The molecule has 5 aromatic rings. The van der Waals surface area contributed by atoms with Gasteiger partial charge in [-0.25, -0.2) is 9.59 Å². The van der Waals surface area contributed by atoms with E-state index in [0.717, 1.165) is 32.9 Å². The summed E-state index contributed by atoms with van der Waals surface area (Å²) in [5.41, 5.74) is 3.85. The van der Waals surface area contributed by atoms with Crippen molar-refractivity contribution in [1.29, 1.82) is 0 Å². The predicted molar refractivity (Wildman–Crippen MR) is 157 cm³/mol. The van der Waals surface area contributed by atoms with Gasteiger partial charge in [0.25, 0.3) is 11.8 Å². The van der Waals surface area contributed by atoms with Crippen molar-refractivity contribution in [2.45, 2.75) is 24.9 Å². The third kappa shape index (κ3) is 6.02. The van der Waals surface area contributed by atoms with Gasteiger partial charge in [-0.3, -0.25) is 9.59 Å². The molecule has 2 atom stereocenters. The van der Waals surface area contributed by atoms with Crippen molar-refractivity contribution in [2.75, 3.05) is 14.2 Å². The number of aromatic nitrogens is 2. The van der Waals surface area contributed by atoms with Crippen molar-refractivity contribution in [2.24, 2.45) is 0 Å². The molecule has 214 valence electrons. The summed E-state index contributed by atoms with van der Waals surface area (Å²) >= 11 is 0. The first-order valence-corrected chi connectivity index (χ1v) is 13.4. The van der Waals surface area contributed by atoms with Gasteiger partial charge < -0.3 is 30.1 Å². The minimum absolute atomic E-state index is 0.168. The molecular weight excluding hydrogens is 536 g/mol. The maximum Gasteiger partial charge on any atom is 0.328 e. The van der Waals surface area contributed by atoms with Crippen molar-refractivity contribution < 1.29 is 28.7 Å². The van der Waals surface area contributed by atoms with E-state index in [0.29, 0.717) is 0 Å². The molecule has 0 spiro atoms. The average molecular weight is 567 g/mol. The first kappa shape index (κ1) is 28.2. The van der Waals surface area contributed by atoms with E-state index in [4.69, 9.17) is 9.47 Å². The number of hydrogen-bond donors (Lipinski definition) is 4. The Bertz CT molecular complexity index is 1650. The average Bonchev–Trinajstić information content (AvgIpc) is 3.63. The van der Waals surface area contributed by atoms with Crippen molar-refractivity contribution in [1.82, 2.24) is 20.6 Å². The summed E-state index contributed by atoms with van der Waals surface area (Å²) in [4.78, 5) is 57.9. The topological polar surface area (TPSA) is 142 Å². The third-order valence-electron chi connectivity index (χ3n) is 7.17. The van der Waals surface area contributed by atoms with Crippen LogP contribution in [-0.2, 0) is 31.9 Å². The number of nitrogens with one attached hydrogen (secondary N) is 4. The first-order chi connectivity index (χ1) is 20.4. The summed E-state index contributed by atoms with van der Waals surface area (Å²) in [7, 11) is 2.52. The van der Waals surface area contributed by atoms with Crippen molar-refractivity contribution in [3.8, 4) is 0 Å². The van der Waals surface area contributed by atoms with Crippen LogP contribution in [0.3, 0.4) is 0 Å². The molecule has 0 radical (unpaired) electrons. The van der Waals surface area contributed by atoms with E-state index in [1.54, 1.807) is 18.5 Å². The molecule has 0 aliphatic carbocycles. The lowest BCUT2D eigenvalue weighted by Crippen LogP contribution is -2.43. The Labute approximate surface area is 241 Å². The summed E-state index contributed by atoms with van der Waals surface area (Å²) in [5, 5.41) is 7.34. The number of carbonyl (C=O) groups is 4. The molecule has 42 heavy (non-hydrogen) atoms. The van der Waals surface area contributed by atoms with E-state index in [1.807, 2.05) is 48.5 Å². The fraction of sp³-hybridized carbons (Fsp3) is 0.188. The number of hydrogen-bond acceptors (Lipinski definition) is 6. The molecule has 0 saturated carbocycles. The number of aromatic amines is 2. The Morgan fingerprint density at radius 2 is 1.07 bits per heavy atom. The number of para-hydroxylation sites is 2. The van der Waals surface area contributed by atoms with Crippen LogP contribution < -0.4 is 10.6 Å². The number of ether oxygens (including phenoxy) is 2. The zero-order valence-electron chi connectivity index (χ0n) is 23.1. The summed E-state index contributed by atoms with van der Waals surface area (Å²) in [6.07, 6.45) is 4.01. The fourth-order valence-corrected chi connectivity index (χ4v) is 5.00. The largest absolute Gasteiger partial charge is 0.467 e. The monoisotopic (exact) mass is 566 g/mol. The van der Waals surface area contributed by atoms with Gasteiger partial charge in [0.05, 0.1) is 14.2 Å². The quantitative estimate of drug-likeness (QED) is 0.190. The molecule has 0 saturated heterocycles. The van der Waals surface area contributed by atoms with E-state index in [9.17, 15) is 19.2 Å². The maximum absolute atomic E-state index is 13.2. The highest BCUT2D eigenvalue weighted by Crippen LogP contribution is 2.21. The summed E-state index contributed by atoms with van der Waals surface area (Å²) in [5.74, 6) is -2.30. The second-order valence-corrected chi connectivity index (χ2v) is 9.81. The molecule has 3 aromatic carbocycles. The zero-order chi connectivity index (χ0) is 29.6. The van der Waals surface area contributed by atoms with Crippen LogP contribution in [0.25, 0.3) is 21.8 Å². The highest BCUT2D eigenvalue weighted by Gasteiger charge is 2.26. The number of methoxy groups -OCH3 is 2. The molecule has 0 unspecified atom stereocenters. The van der Waals surface area contributed by atoms with Crippen LogP contribution in [0.1, 0.15) is 31.8 Å². The van der Waals surface area contributed by atoms with Crippen molar-refractivity contribution in [3.63, 3.8) is 0 Å². The normalized spacial score (nSPS) is 12.4. The highest BCUT2D eigenvalue weighted by atomic mass is 16.5. The van der Waals surface area contributed by atoms with Crippen LogP contribution in [0.4, 0.5) is 0 Å². The molecule has 10 nitrogen and oxygen atoms in total. The Kier molecular flexibility index (Phi) is 8.33. The first-order valence-electron chi connectivity index (χ1n) is 13.4. The SMILES string of the molecule is COC(=O)[C@H](Cc1c[nH]c2ccccc12)NC(=O)c1cccc(C(=O)N[C@@H](Cc2c[nH]c3ccccc23)C(=O)OC)c1. The van der Waals surface area contributed by atoms with Gasteiger partial charge in [-0.1, -0.05) is 42.5 Å². The summed E-state index contributed by atoms with van der Waals surface area (Å²) in [6.45, 7) is 0. The summed E-state index contributed by atoms with van der Waals surface area (Å²) < 4.78 is 9.89. The Morgan fingerprint density at radius 3 is 1.50 bits per heavy atom. The number of amides is 2. The Balaban J connectivity index is 1.31. The number of carbonyl (C=O) groups excluding carboxylic acids is 4. The van der Waals surface area contributed by atoms with Gasteiger partial charge in [0, 0.05) is 58.2 Å². The smallest absolute Gasteiger partial charge is 0.328 e. The molecular formula is C32H30N4O6. The van der Waals surface area contributed by atoms with Crippen LogP contribution in [0, 0.1) is 0 Å². The summed E-state index contributed by atoms with van der Waals surface area (Å²) in [6, 6.07) is 19.4. The van der Waals surface area contributed by atoms with Crippen molar-refractivity contribution >= 4 is 45.6 Å². The van der Waals surface area contributed by atoms with Crippen LogP contribution in [0.2, 0.25) is 0 Å². The lowest BCUT2D eigenvalue weighted by atomic mass is 10.0. The van der Waals surface area contributed by atoms with Gasteiger partial charge >= 0.3 is 11.9 Å². The standard InChI is InChI=1S/C32H30N4O6/c1-41-31(39)27(15-21-17-33-25-12-5-3-10-23(21)25)35-29(37)19-8-7-9-20(14-19)30(38)36-28(32(40)42-2)16-22-18-34-26-13-6-4-11-24(22)26/h3-14,17-18,27-28,33-34H,15-16H2,1-2H3,(H,35,37)(H,36,38)/t27-,28-/m0/s1. The maximum atomic E-state index is 13.2. The molecule has 0 aliphatic heterocycles. The lowest BCUT2D eigenvalue weighted by molar-refractivity contribution is -0.143. The Morgan fingerprint density at radius 1 is 0.643 bits per heavy atom. The van der Waals surface area contributed by atoms with Crippen molar-refractivity contribution in [3.05, 3.63) is 107 Å². The number of rotatable bonds is 10. The van der Waals surface area contributed by atoms with Crippen LogP contribution >= 0.6 is 0 Å². The second kappa shape index (κ2) is 12.4. The molecule has 2 aromatic heterocycles. The van der Waals surface area contributed by atoms with Gasteiger partial charge in [-0.2, -0.15) is 0 Å². The van der Waals surface area contributed by atoms with Gasteiger partial charge in [-0.05, 0) is 41.5 Å². The van der Waals surface area contributed by atoms with E-state index < -0.39 is 35.8 Å². The van der Waals surface area contributed by atoms with Crippen LogP contribution in [0.15, 0.2) is 85.2 Å². The molecule has 10 heteroatoms. The van der Waals surface area contributed by atoms with Crippen LogP contribution in [-0.4, -0.2) is 60.0 Å². The molecule has 0 fully saturated rings. The van der Waals surface area contributed by atoms with E-state index in [-0.39, 0.29) is 24.0 Å². The fourth-order valence-electron chi connectivity index (χ4n) is 5.00. The van der Waals surface area contributed by atoms with Gasteiger partial charge in [0.2, 0.25) is 0 Å². The second-order valence-electron chi connectivity index (χ2n) is 9.81. The van der Waals surface area contributed by atoms with Gasteiger partial charge in [0.1, 0.15) is 12.1 Å². The number of benzene rings is 3. The molecule has 5 rings (SSSR count). The van der Waals surface area contributed by atoms with Gasteiger partial charge in [0.15, 0.2) is 0 Å².